The Balaban J connectivity index is 1.66. The summed E-state index contributed by atoms with van der Waals surface area (Å²) in [6.45, 7) is 5.07. The number of nitrogens with zero attached hydrogens (tertiary/aromatic N) is 3. The van der Waals surface area contributed by atoms with Crippen molar-refractivity contribution >= 4 is 0 Å². The molecule has 4 heteroatoms. The monoisotopic (exact) mass is 207 g/mol. The molecule has 1 fully saturated rings. The van der Waals surface area contributed by atoms with Gasteiger partial charge in [0.2, 0.25) is 0 Å². The van der Waals surface area contributed by atoms with Gasteiger partial charge in [-0.15, -0.1) is 0 Å². The first-order chi connectivity index (χ1) is 7.45. The molecule has 1 aliphatic rings. The van der Waals surface area contributed by atoms with Gasteiger partial charge in [0.1, 0.15) is 6.33 Å². The minimum atomic E-state index is 0.883. The van der Waals surface area contributed by atoms with Crippen LogP contribution in [-0.2, 0) is 11.2 Å². The fourth-order valence-electron chi connectivity index (χ4n) is 1.79. The number of aromatic nitrogens is 2. The van der Waals surface area contributed by atoms with Crippen molar-refractivity contribution in [3.63, 3.8) is 0 Å². The lowest BCUT2D eigenvalue weighted by molar-refractivity contribution is 0.0374. The topological polar surface area (TPSA) is 38.2 Å². The highest BCUT2D eigenvalue weighted by Crippen LogP contribution is 2.02. The smallest absolute Gasteiger partial charge is 0.115 e. The average molecular weight is 207 g/mol. The van der Waals surface area contributed by atoms with Crippen molar-refractivity contribution in [1.82, 2.24) is 14.9 Å². The van der Waals surface area contributed by atoms with E-state index in [1.54, 1.807) is 6.33 Å². The molecule has 0 unspecified atom stereocenters. The summed E-state index contributed by atoms with van der Waals surface area (Å²) < 4.78 is 5.30. The van der Waals surface area contributed by atoms with Crippen molar-refractivity contribution in [2.24, 2.45) is 0 Å². The highest BCUT2D eigenvalue weighted by Gasteiger charge is 2.09. The third kappa shape index (κ3) is 3.57. The van der Waals surface area contributed by atoms with Crippen LogP contribution in [0.1, 0.15) is 12.0 Å². The highest BCUT2D eigenvalue weighted by molar-refractivity contribution is 5.02. The van der Waals surface area contributed by atoms with Crippen molar-refractivity contribution in [3.8, 4) is 0 Å². The van der Waals surface area contributed by atoms with Crippen LogP contribution in [0.4, 0.5) is 0 Å². The van der Waals surface area contributed by atoms with E-state index < -0.39 is 0 Å². The van der Waals surface area contributed by atoms with E-state index in [1.807, 2.05) is 12.4 Å². The summed E-state index contributed by atoms with van der Waals surface area (Å²) in [5.74, 6) is 0. The minimum absolute atomic E-state index is 0.883. The number of morpholine rings is 1. The van der Waals surface area contributed by atoms with Gasteiger partial charge in [0.05, 0.1) is 13.2 Å². The fraction of sp³-hybridized carbons (Fsp3) is 0.636. The second-order valence-electron chi connectivity index (χ2n) is 3.80. The largest absolute Gasteiger partial charge is 0.379 e. The molecule has 0 amide bonds. The molecule has 1 aromatic rings. The summed E-state index contributed by atoms with van der Waals surface area (Å²) in [7, 11) is 0. The van der Waals surface area contributed by atoms with Crippen LogP contribution in [0.5, 0.6) is 0 Å². The van der Waals surface area contributed by atoms with Crippen LogP contribution in [-0.4, -0.2) is 47.7 Å². The molecule has 0 aliphatic carbocycles. The zero-order chi connectivity index (χ0) is 10.3. The Bertz CT molecular complexity index is 272. The first kappa shape index (κ1) is 10.5. The number of hydrogen-bond acceptors (Lipinski definition) is 4. The third-order valence-corrected chi connectivity index (χ3v) is 2.66. The molecule has 2 rings (SSSR count). The summed E-state index contributed by atoms with van der Waals surface area (Å²) in [6, 6.07) is 0. The lowest BCUT2D eigenvalue weighted by Gasteiger charge is -2.26. The summed E-state index contributed by atoms with van der Waals surface area (Å²) in [6.07, 6.45) is 7.61. The van der Waals surface area contributed by atoms with Gasteiger partial charge in [0.15, 0.2) is 0 Å². The van der Waals surface area contributed by atoms with Crippen LogP contribution in [0, 0.1) is 0 Å². The minimum Gasteiger partial charge on any atom is -0.379 e. The van der Waals surface area contributed by atoms with Crippen LogP contribution in [0.3, 0.4) is 0 Å². The van der Waals surface area contributed by atoms with E-state index in [9.17, 15) is 0 Å². The zero-order valence-electron chi connectivity index (χ0n) is 8.93. The molecular weight excluding hydrogens is 190 g/mol. The number of aryl methyl sites for hydroxylation is 1. The lowest BCUT2D eigenvalue weighted by Crippen LogP contribution is -2.36. The van der Waals surface area contributed by atoms with Crippen LogP contribution in [0.2, 0.25) is 0 Å². The lowest BCUT2D eigenvalue weighted by atomic mass is 10.2. The van der Waals surface area contributed by atoms with Gasteiger partial charge < -0.3 is 4.74 Å². The molecule has 82 valence electrons. The summed E-state index contributed by atoms with van der Waals surface area (Å²) in [5.41, 5.74) is 1.23. The zero-order valence-corrected chi connectivity index (χ0v) is 8.93. The van der Waals surface area contributed by atoms with E-state index in [2.05, 4.69) is 14.9 Å². The number of ether oxygens (including phenoxy) is 1. The number of rotatable bonds is 4. The van der Waals surface area contributed by atoms with E-state index in [1.165, 1.54) is 12.0 Å². The molecule has 1 aromatic heterocycles. The first-order valence-corrected chi connectivity index (χ1v) is 5.49. The Morgan fingerprint density at radius 1 is 1.20 bits per heavy atom. The van der Waals surface area contributed by atoms with Crippen molar-refractivity contribution in [1.29, 1.82) is 0 Å². The Morgan fingerprint density at radius 2 is 1.93 bits per heavy atom. The molecule has 0 saturated carbocycles. The molecule has 0 atom stereocenters. The predicted octanol–water partition coefficient (Wildman–Crippen LogP) is 0.741. The van der Waals surface area contributed by atoms with E-state index in [4.69, 9.17) is 4.74 Å². The van der Waals surface area contributed by atoms with Crippen LogP contribution >= 0.6 is 0 Å². The standard InChI is InChI=1S/C11H17N3O/c1(2-11-8-12-10-13-9-11)3-14-4-6-15-7-5-14/h8-10H,1-7H2. The van der Waals surface area contributed by atoms with Gasteiger partial charge >= 0.3 is 0 Å². The summed E-state index contributed by atoms with van der Waals surface area (Å²) >= 11 is 0. The Hall–Kier alpha value is -1.00. The molecular formula is C11H17N3O. The van der Waals surface area contributed by atoms with Gasteiger partial charge in [-0.3, -0.25) is 4.90 Å². The van der Waals surface area contributed by atoms with Gasteiger partial charge in [-0.05, 0) is 24.9 Å². The Morgan fingerprint density at radius 3 is 2.67 bits per heavy atom. The molecule has 15 heavy (non-hydrogen) atoms. The van der Waals surface area contributed by atoms with E-state index in [0.29, 0.717) is 0 Å². The molecule has 0 N–H and O–H groups in total. The van der Waals surface area contributed by atoms with Gasteiger partial charge in [-0.2, -0.15) is 0 Å². The Labute approximate surface area is 90.3 Å². The maximum absolute atomic E-state index is 5.30. The summed E-state index contributed by atoms with van der Waals surface area (Å²) in [4.78, 5) is 10.5. The van der Waals surface area contributed by atoms with E-state index in [-0.39, 0.29) is 0 Å². The predicted molar refractivity (Wildman–Crippen MR) is 57.6 cm³/mol. The summed E-state index contributed by atoms with van der Waals surface area (Å²) in [5, 5.41) is 0. The molecule has 1 saturated heterocycles. The quantitative estimate of drug-likeness (QED) is 0.730. The normalized spacial score (nSPS) is 17.9. The van der Waals surface area contributed by atoms with Crippen LogP contribution in [0.25, 0.3) is 0 Å². The molecule has 0 bridgehead atoms. The maximum atomic E-state index is 5.30. The van der Waals surface area contributed by atoms with E-state index >= 15 is 0 Å². The van der Waals surface area contributed by atoms with Crippen molar-refractivity contribution in [2.45, 2.75) is 12.8 Å². The molecule has 0 spiro atoms. The van der Waals surface area contributed by atoms with Crippen molar-refractivity contribution < 1.29 is 4.74 Å². The molecule has 4 nitrogen and oxygen atoms in total. The molecule has 1 aliphatic heterocycles. The van der Waals surface area contributed by atoms with Crippen LogP contribution in [0.15, 0.2) is 18.7 Å². The van der Waals surface area contributed by atoms with Crippen LogP contribution < -0.4 is 0 Å². The molecule has 2 heterocycles. The van der Waals surface area contributed by atoms with Gasteiger partial charge in [0.25, 0.3) is 0 Å². The number of hydrogen-bond donors (Lipinski definition) is 0. The van der Waals surface area contributed by atoms with Crippen molar-refractivity contribution in [2.75, 3.05) is 32.8 Å². The molecule has 0 radical (unpaired) electrons. The van der Waals surface area contributed by atoms with Gasteiger partial charge in [-0.1, -0.05) is 0 Å². The fourth-order valence-corrected chi connectivity index (χ4v) is 1.79. The highest BCUT2D eigenvalue weighted by atomic mass is 16.5. The average Bonchev–Trinajstić information content (AvgIpc) is 2.32. The van der Waals surface area contributed by atoms with Crippen molar-refractivity contribution in [3.05, 3.63) is 24.3 Å². The molecule has 0 aromatic carbocycles. The Kier molecular flexibility index (Phi) is 4.05. The SMILES string of the molecule is c1ncc(CCCN2CCOCC2)cn1. The van der Waals surface area contributed by atoms with Gasteiger partial charge in [0, 0.05) is 25.5 Å². The van der Waals surface area contributed by atoms with Gasteiger partial charge in [-0.25, -0.2) is 9.97 Å². The maximum Gasteiger partial charge on any atom is 0.115 e. The second kappa shape index (κ2) is 5.78. The van der Waals surface area contributed by atoms with E-state index in [0.717, 1.165) is 39.3 Å². The second-order valence-corrected chi connectivity index (χ2v) is 3.80. The third-order valence-electron chi connectivity index (χ3n) is 2.66. The first-order valence-electron chi connectivity index (χ1n) is 5.49.